The van der Waals surface area contributed by atoms with Crippen molar-refractivity contribution in [1.29, 1.82) is 0 Å². The summed E-state index contributed by atoms with van der Waals surface area (Å²) in [6.45, 7) is 0. The third-order valence-electron chi connectivity index (χ3n) is 3.15. The molecule has 0 unspecified atom stereocenters. The van der Waals surface area contributed by atoms with E-state index in [1.807, 2.05) is 12.3 Å². The molecule has 1 N–H and O–H groups in total. The lowest BCUT2D eigenvalue weighted by atomic mass is 10.1. The van der Waals surface area contributed by atoms with E-state index in [-0.39, 0.29) is 0 Å². The Bertz CT molecular complexity index is 846. The van der Waals surface area contributed by atoms with Crippen LogP contribution in [0.1, 0.15) is 0 Å². The Morgan fingerprint density at radius 3 is 2.71 bits per heavy atom. The normalized spacial score (nSPS) is 11.5. The minimum Gasteiger partial charge on any atom is -0.345 e. The molecular formula is C14H9N3. The van der Waals surface area contributed by atoms with Crippen molar-refractivity contribution in [3.63, 3.8) is 0 Å². The van der Waals surface area contributed by atoms with E-state index >= 15 is 0 Å². The molecule has 0 bridgehead atoms. The average Bonchev–Trinajstić information content (AvgIpc) is 2.86. The molecule has 2 aromatic heterocycles. The van der Waals surface area contributed by atoms with E-state index in [1.165, 1.54) is 0 Å². The second-order valence-electron chi connectivity index (χ2n) is 4.10. The summed E-state index contributed by atoms with van der Waals surface area (Å²) in [5.74, 6) is 0. The Balaban J connectivity index is 2.34. The van der Waals surface area contributed by atoms with Gasteiger partial charge in [-0.25, -0.2) is 4.98 Å². The van der Waals surface area contributed by atoms with E-state index in [2.05, 4.69) is 45.3 Å². The van der Waals surface area contributed by atoms with Gasteiger partial charge in [0, 0.05) is 22.4 Å². The van der Waals surface area contributed by atoms with Gasteiger partial charge in [-0.05, 0) is 18.2 Å². The number of nitrogens with zero attached hydrogens (tertiary/aromatic N) is 2. The number of H-pyrrole nitrogens is 1. The molecule has 0 aliphatic carbocycles. The van der Waals surface area contributed by atoms with Crippen LogP contribution < -0.4 is 0 Å². The fourth-order valence-corrected chi connectivity index (χ4v) is 2.36. The number of imidazole rings is 1. The number of hydrogen-bond acceptors (Lipinski definition) is 2. The summed E-state index contributed by atoms with van der Waals surface area (Å²) < 4.78 is 0. The van der Waals surface area contributed by atoms with Gasteiger partial charge in [-0.2, -0.15) is 0 Å². The molecule has 0 spiro atoms. The van der Waals surface area contributed by atoms with Gasteiger partial charge in [0.05, 0.1) is 22.9 Å². The van der Waals surface area contributed by atoms with Gasteiger partial charge in [0.1, 0.15) is 0 Å². The number of rotatable bonds is 0. The average molecular weight is 219 g/mol. The van der Waals surface area contributed by atoms with Crippen LogP contribution in [0.4, 0.5) is 0 Å². The quantitative estimate of drug-likeness (QED) is 0.461. The van der Waals surface area contributed by atoms with Crippen molar-refractivity contribution in [1.82, 2.24) is 15.0 Å². The molecule has 0 atom stereocenters. The van der Waals surface area contributed by atoms with Crippen molar-refractivity contribution in [3.8, 4) is 0 Å². The molecule has 0 saturated heterocycles. The van der Waals surface area contributed by atoms with Crippen molar-refractivity contribution in [2.45, 2.75) is 0 Å². The lowest BCUT2D eigenvalue weighted by molar-refractivity contribution is 1.35. The third kappa shape index (κ3) is 1.11. The molecule has 80 valence electrons. The highest BCUT2D eigenvalue weighted by Crippen LogP contribution is 2.28. The van der Waals surface area contributed by atoms with Crippen molar-refractivity contribution in [2.24, 2.45) is 0 Å². The molecule has 3 nitrogen and oxygen atoms in total. The van der Waals surface area contributed by atoms with Crippen molar-refractivity contribution in [3.05, 3.63) is 48.9 Å². The van der Waals surface area contributed by atoms with Crippen LogP contribution in [-0.2, 0) is 0 Å². The Labute approximate surface area is 97.1 Å². The zero-order chi connectivity index (χ0) is 11.2. The highest BCUT2D eigenvalue weighted by molar-refractivity contribution is 6.14. The van der Waals surface area contributed by atoms with Gasteiger partial charge in [-0.3, -0.25) is 4.98 Å². The zero-order valence-corrected chi connectivity index (χ0v) is 9.01. The van der Waals surface area contributed by atoms with Crippen molar-refractivity contribution >= 4 is 32.7 Å². The molecule has 3 heteroatoms. The molecule has 0 aliphatic heterocycles. The molecule has 2 heterocycles. The van der Waals surface area contributed by atoms with Gasteiger partial charge in [-0.15, -0.1) is 0 Å². The SMILES string of the molecule is c1cnc2c(c1)ccc1c2ccc2[nH]cnc21. The maximum absolute atomic E-state index is 4.46. The minimum absolute atomic E-state index is 1.01. The Hall–Kier alpha value is -2.42. The summed E-state index contributed by atoms with van der Waals surface area (Å²) in [5, 5.41) is 3.47. The van der Waals surface area contributed by atoms with Gasteiger partial charge in [0.25, 0.3) is 0 Å². The topological polar surface area (TPSA) is 41.6 Å². The Morgan fingerprint density at radius 2 is 1.71 bits per heavy atom. The van der Waals surface area contributed by atoms with Crippen LogP contribution in [0.2, 0.25) is 0 Å². The lowest BCUT2D eigenvalue weighted by Crippen LogP contribution is -1.82. The zero-order valence-electron chi connectivity index (χ0n) is 9.01. The van der Waals surface area contributed by atoms with Crippen LogP contribution in [0.3, 0.4) is 0 Å². The molecule has 0 radical (unpaired) electrons. The second kappa shape index (κ2) is 3.04. The van der Waals surface area contributed by atoms with Gasteiger partial charge in [0.15, 0.2) is 0 Å². The molecule has 4 aromatic rings. The first-order valence-electron chi connectivity index (χ1n) is 5.53. The van der Waals surface area contributed by atoms with E-state index < -0.39 is 0 Å². The molecule has 0 saturated carbocycles. The lowest BCUT2D eigenvalue weighted by Gasteiger charge is -2.03. The minimum atomic E-state index is 1.01. The first-order chi connectivity index (χ1) is 8.43. The molecule has 17 heavy (non-hydrogen) atoms. The van der Waals surface area contributed by atoms with Gasteiger partial charge < -0.3 is 4.98 Å². The van der Waals surface area contributed by atoms with Crippen LogP contribution >= 0.6 is 0 Å². The standard InChI is InChI=1S/C14H9N3/c1-2-9-3-4-11-10(13(9)15-7-1)5-6-12-14(11)17-8-16-12/h1-8H,(H,16,17). The smallest absolute Gasteiger partial charge is 0.0961 e. The molecule has 4 rings (SSSR count). The van der Waals surface area contributed by atoms with E-state index in [1.54, 1.807) is 6.33 Å². The molecule has 2 aromatic carbocycles. The third-order valence-corrected chi connectivity index (χ3v) is 3.15. The molecular weight excluding hydrogens is 210 g/mol. The Kier molecular flexibility index (Phi) is 1.56. The molecule has 0 fully saturated rings. The van der Waals surface area contributed by atoms with E-state index in [9.17, 15) is 0 Å². The van der Waals surface area contributed by atoms with Gasteiger partial charge >= 0.3 is 0 Å². The van der Waals surface area contributed by atoms with Crippen LogP contribution in [0.25, 0.3) is 32.7 Å². The highest BCUT2D eigenvalue weighted by Gasteiger charge is 2.06. The largest absolute Gasteiger partial charge is 0.345 e. The highest BCUT2D eigenvalue weighted by atomic mass is 14.9. The fourth-order valence-electron chi connectivity index (χ4n) is 2.36. The van der Waals surface area contributed by atoms with Gasteiger partial charge in [0.2, 0.25) is 0 Å². The van der Waals surface area contributed by atoms with Crippen LogP contribution in [0.5, 0.6) is 0 Å². The van der Waals surface area contributed by atoms with E-state index in [4.69, 9.17) is 0 Å². The maximum atomic E-state index is 4.46. The monoisotopic (exact) mass is 219 g/mol. The number of fused-ring (bicyclic) bond motifs is 5. The maximum Gasteiger partial charge on any atom is 0.0961 e. The second-order valence-corrected chi connectivity index (χ2v) is 4.10. The van der Waals surface area contributed by atoms with Crippen molar-refractivity contribution in [2.75, 3.05) is 0 Å². The summed E-state index contributed by atoms with van der Waals surface area (Å²) in [7, 11) is 0. The summed E-state index contributed by atoms with van der Waals surface area (Å²) >= 11 is 0. The van der Waals surface area contributed by atoms with Crippen LogP contribution in [-0.4, -0.2) is 15.0 Å². The summed E-state index contributed by atoms with van der Waals surface area (Å²) in [6.07, 6.45) is 3.56. The number of aromatic nitrogens is 3. The summed E-state index contributed by atoms with van der Waals surface area (Å²) in [6, 6.07) is 12.4. The fraction of sp³-hybridized carbons (Fsp3) is 0. The van der Waals surface area contributed by atoms with E-state index in [0.29, 0.717) is 0 Å². The van der Waals surface area contributed by atoms with Crippen molar-refractivity contribution < 1.29 is 0 Å². The number of pyridine rings is 1. The van der Waals surface area contributed by atoms with Crippen LogP contribution in [0, 0.1) is 0 Å². The number of benzene rings is 2. The predicted molar refractivity (Wildman–Crippen MR) is 68.9 cm³/mol. The number of nitrogens with one attached hydrogen (secondary N) is 1. The first kappa shape index (κ1) is 8.70. The number of hydrogen-bond donors (Lipinski definition) is 1. The molecule has 0 aliphatic rings. The summed E-state index contributed by atoms with van der Waals surface area (Å²) in [5.41, 5.74) is 3.11. The first-order valence-corrected chi connectivity index (χ1v) is 5.53. The number of aromatic amines is 1. The van der Waals surface area contributed by atoms with E-state index in [0.717, 1.165) is 32.7 Å². The summed E-state index contributed by atoms with van der Waals surface area (Å²) in [4.78, 5) is 12.0. The van der Waals surface area contributed by atoms with Crippen LogP contribution in [0.15, 0.2) is 48.9 Å². The molecule has 0 amide bonds. The van der Waals surface area contributed by atoms with Gasteiger partial charge in [-0.1, -0.05) is 18.2 Å². The predicted octanol–water partition coefficient (Wildman–Crippen LogP) is 3.26. The Morgan fingerprint density at radius 1 is 0.824 bits per heavy atom.